The van der Waals surface area contributed by atoms with Crippen molar-refractivity contribution >= 4 is 17.4 Å². The van der Waals surface area contributed by atoms with E-state index in [-0.39, 0.29) is 11.3 Å². The molecule has 1 aromatic heterocycles. The van der Waals surface area contributed by atoms with Gasteiger partial charge in [0.05, 0.1) is 18.4 Å². The first-order valence-electron chi connectivity index (χ1n) is 10.2. The highest BCUT2D eigenvalue weighted by molar-refractivity contribution is 6.46. The number of amides is 1. The van der Waals surface area contributed by atoms with Crippen LogP contribution in [0.5, 0.6) is 5.75 Å². The number of nitrogens with zero attached hydrogens (tertiary/aromatic N) is 1. The third-order valence-electron chi connectivity index (χ3n) is 5.26. The Morgan fingerprint density at radius 1 is 1.06 bits per heavy atom. The van der Waals surface area contributed by atoms with E-state index in [1.54, 1.807) is 36.4 Å². The topological polar surface area (TPSA) is 80.0 Å². The molecule has 1 aliphatic rings. The first-order valence-corrected chi connectivity index (χ1v) is 10.2. The summed E-state index contributed by atoms with van der Waals surface area (Å²) < 4.78 is 11.1. The SMILES string of the molecule is CCOc1cccc(C(O)=C2C(=O)C(=O)N(CCc3ccccc3)C2c2ccco2)c1. The summed E-state index contributed by atoms with van der Waals surface area (Å²) in [4.78, 5) is 27.4. The van der Waals surface area contributed by atoms with Crippen LogP contribution in [0.15, 0.2) is 83.0 Å². The molecular weight excluding hydrogens is 394 g/mol. The predicted molar refractivity (Wildman–Crippen MR) is 115 cm³/mol. The van der Waals surface area contributed by atoms with Crippen molar-refractivity contribution in [1.29, 1.82) is 0 Å². The van der Waals surface area contributed by atoms with Gasteiger partial charge in [0.2, 0.25) is 0 Å². The highest BCUT2D eigenvalue weighted by Crippen LogP contribution is 2.39. The second kappa shape index (κ2) is 8.92. The Hall–Kier alpha value is -3.80. The van der Waals surface area contributed by atoms with Gasteiger partial charge in [0.1, 0.15) is 23.3 Å². The second-order valence-corrected chi connectivity index (χ2v) is 7.20. The first-order chi connectivity index (χ1) is 15.1. The number of Topliss-reactive ketones (excluding diaryl/α,β-unsaturated/α-hetero) is 1. The summed E-state index contributed by atoms with van der Waals surface area (Å²) in [5, 5.41) is 11.1. The Balaban J connectivity index is 1.74. The molecule has 0 radical (unpaired) electrons. The van der Waals surface area contributed by atoms with E-state index in [4.69, 9.17) is 9.15 Å². The van der Waals surface area contributed by atoms with E-state index >= 15 is 0 Å². The number of benzene rings is 2. The lowest BCUT2D eigenvalue weighted by Gasteiger charge is -2.23. The predicted octanol–water partition coefficient (Wildman–Crippen LogP) is 4.34. The van der Waals surface area contributed by atoms with Crippen molar-refractivity contribution in [2.75, 3.05) is 13.2 Å². The number of hydrogen-bond donors (Lipinski definition) is 1. The monoisotopic (exact) mass is 417 g/mol. The normalized spacial score (nSPS) is 17.8. The molecule has 1 amide bonds. The number of aliphatic hydroxyl groups is 1. The molecule has 0 spiro atoms. The number of aliphatic hydroxyl groups excluding tert-OH is 1. The smallest absolute Gasteiger partial charge is 0.295 e. The molecule has 1 fully saturated rings. The molecule has 1 unspecified atom stereocenters. The summed E-state index contributed by atoms with van der Waals surface area (Å²) in [5.41, 5.74) is 1.47. The molecule has 2 heterocycles. The van der Waals surface area contributed by atoms with Gasteiger partial charge < -0.3 is 19.2 Å². The lowest BCUT2D eigenvalue weighted by atomic mass is 9.99. The number of carbonyl (C=O) groups is 2. The second-order valence-electron chi connectivity index (χ2n) is 7.20. The van der Waals surface area contributed by atoms with Crippen LogP contribution < -0.4 is 4.74 Å². The largest absolute Gasteiger partial charge is 0.507 e. The highest BCUT2D eigenvalue weighted by atomic mass is 16.5. The highest BCUT2D eigenvalue weighted by Gasteiger charge is 2.47. The van der Waals surface area contributed by atoms with Gasteiger partial charge in [-0.1, -0.05) is 42.5 Å². The van der Waals surface area contributed by atoms with Crippen molar-refractivity contribution in [3.63, 3.8) is 0 Å². The number of ketones is 1. The molecule has 0 saturated carbocycles. The van der Waals surface area contributed by atoms with E-state index in [1.165, 1.54) is 11.2 Å². The fourth-order valence-electron chi connectivity index (χ4n) is 3.80. The first kappa shape index (κ1) is 20.5. The van der Waals surface area contributed by atoms with Gasteiger partial charge in [-0.05, 0) is 43.2 Å². The maximum absolute atomic E-state index is 13.0. The van der Waals surface area contributed by atoms with Crippen molar-refractivity contribution in [3.05, 3.63) is 95.5 Å². The third-order valence-corrected chi connectivity index (χ3v) is 5.26. The fraction of sp³-hybridized carbons (Fsp3) is 0.200. The molecule has 1 atom stereocenters. The lowest BCUT2D eigenvalue weighted by Crippen LogP contribution is -2.31. The summed E-state index contributed by atoms with van der Waals surface area (Å²) in [5.74, 6) is -0.633. The van der Waals surface area contributed by atoms with Crippen LogP contribution in [0.3, 0.4) is 0 Å². The van der Waals surface area contributed by atoms with Gasteiger partial charge in [-0.3, -0.25) is 9.59 Å². The van der Waals surface area contributed by atoms with Crippen molar-refractivity contribution in [3.8, 4) is 5.75 Å². The van der Waals surface area contributed by atoms with Gasteiger partial charge in [0.25, 0.3) is 11.7 Å². The van der Waals surface area contributed by atoms with Gasteiger partial charge in [-0.2, -0.15) is 0 Å². The van der Waals surface area contributed by atoms with Gasteiger partial charge in [0, 0.05) is 12.1 Å². The van der Waals surface area contributed by atoms with Crippen molar-refractivity contribution < 1.29 is 23.8 Å². The Morgan fingerprint density at radius 3 is 2.58 bits per heavy atom. The quantitative estimate of drug-likeness (QED) is 0.351. The number of carbonyl (C=O) groups excluding carboxylic acids is 2. The Bertz CT molecular complexity index is 1100. The Kier molecular flexibility index (Phi) is 5.89. The summed E-state index contributed by atoms with van der Waals surface area (Å²) in [7, 11) is 0. The zero-order valence-corrected chi connectivity index (χ0v) is 17.2. The van der Waals surface area contributed by atoms with Gasteiger partial charge in [-0.25, -0.2) is 0 Å². The molecule has 31 heavy (non-hydrogen) atoms. The zero-order chi connectivity index (χ0) is 21.8. The van der Waals surface area contributed by atoms with Crippen LogP contribution in [0.2, 0.25) is 0 Å². The van der Waals surface area contributed by atoms with Crippen LogP contribution in [0.4, 0.5) is 0 Å². The van der Waals surface area contributed by atoms with Crippen LogP contribution >= 0.6 is 0 Å². The fourth-order valence-corrected chi connectivity index (χ4v) is 3.80. The summed E-state index contributed by atoms with van der Waals surface area (Å²) in [6.07, 6.45) is 2.06. The van der Waals surface area contributed by atoms with E-state index in [2.05, 4.69) is 0 Å². The Morgan fingerprint density at radius 2 is 1.87 bits per heavy atom. The molecule has 2 aromatic carbocycles. The molecule has 158 valence electrons. The van der Waals surface area contributed by atoms with E-state index in [0.29, 0.717) is 36.6 Å². The van der Waals surface area contributed by atoms with Crippen molar-refractivity contribution in [2.24, 2.45) is 0 Å². The summed E-state index contributed by atoms with van der Waals surface area (Å²) >= 11 is 0. The average Bonchev–Trinajstić information content (AvgIpc) is 3.40. The van der Waals surface area contributed by atoms with Crippen molar-refractivity contribution in [2.45, 2.75) is 19.4 Å². The van der Waals surface area contributed by atoms with Gasteiger partial charge >= 0.3 is 0 Å². The minimum absolute atomic E-state index is 0.0154. The maximum Gasteiger partial charge on any atom is 0.295 e. The maximum atomic E-state index is 13.0. The van der Waals surface area contributed by atoms with Crippen LogP contribution in [0.1, 0.15) is 29.9 Å². The van der Waals surface area contributed by atoms with Crippen molar-refractivity contribution in [1.82, 2.24) is 4.90 Å². The number of furan rings is 1. The molecule has 1 aliphatic heterocycles. The lowest BCUT2D eigenvalue weighted by molar-refractivity contribution is -0.140. The molecule has 3 aromatic rings. The van der Waals surface area contributed by atoms with Gasteiger partial charge in [0.15, 0.2) is 0 Å². The molecule has 1 N–H and O–H groups in total. The minimum Gasteiger partial charge on any atom is -0.507 e. The molecule has 0 aliphatic carbocycles. The van der Waals surface area contributed by atoms with Crippen LogP contribution in [0.25, 0.3) is 5.76 Å². The molecule has 4 rings (SSSR count). The van der Waals surface area contributed by atoms with Gasteiger partial charge in [-0.15, -0.1) is 0 Å². The van der Waals surface area contributed by atoms with E-state index in [9.17, 15) is 14.7 Å². The van der Waals surface area contributed by atoms with E-state index in [0.717, 1.165) is 5.56 Å². The molecular formula is C25H23NO5. The Labute approximate surface area is 180 Å². The summed E-state index contributed by atoms with van der Waals surface area (Å²) in [6.45, 7) is 2.65. The molecule has 6 nitrogen and oxygen atoms in total. The number of rotatable bonds is 7. The van der Waals surface area contributed by atoms with E-state index < -0.39 is 17.7 Å². The molecule has 1 saturated heterocycles. The molecule has 0 bridgehead atoms. The molecule has 6 heteroatoms. The number of ether oxygens (including phenoxy) is 1. The van der Waals surface area contributed by atoms with Crippen LogP contribution in [0, 0.1) is 0 Å². The van der Waals surface area contributed by atoms with E-state index in [1.807, 2.05) is 37.3 Å². The number of hydrogen-bond acceptors (Lipinski definition) is 5. The van der Waals surface area contributed by atoms with Crippen LogP contribution in [-0.4, -0.2) is 34.8 Å². The third kappa shape index (κ3) is 4.10. The zero-order valence-electron chi connectivity index (χ0n) is 17.2. The average molecular weight is 417 g/mol. The standard InChI is InChI=1S/C25H23NO5/c1-2-30-19-11-6-10-18(16-19)23(27)21-22(20-12-7-15-31-20)26(25(29)24(21)28)14-13-17-8-4-3-5-9-17/h3-12,15-16,22,27H,2,13-14H2,1H3. The summed E-state index contributed by atoms with van der Waals surface area (Å²) in [6, 6.07) is 19.1. The van der Waals surface area contributed by atoms with Crippen LogP contribution in [-0.2, 0) is 16.0 Å². The minimum atomic E-state index is -0.797. The number of likely N-dealkylation sites (tertiary alicyclic amines) is 1.